The van der Waals surface area contributed by atoms with Gasteiger partial charge in [0.1, 0.15) is 16.0 Å². The number of nitrogens with one attached hydrogen (secondary N) is 1. The number of anilines is 2. The van der Waals surface area contributed by atoms with Gasteiger partial charge in [-0.15, -0.1) is 22.7 Å². The van der Waals surface area contributed by atoms with Crippen LogP contribution in [0.5, 0.6) is 0 Å². The minimum atomic E-state index is -0.675. The lowest BCUT2D eigenvalue weighted by Gasteiger charge is -2.18. The Kier molecular flexibility index (Phi) is 7.06. The zero-order valence-electron chi connectivity index (χ0n) is 17.4. The van der Waals surface area contributed by atoms with Crippen molar-refractivity contribution in [2.75, 3.05) is 32.6 Å². The van der Waals surface area contributed by atoms with Gasteiger partial charge in [-0.25, -0.2) is 18.7 Å². The van der Waals surface area contributed by atoms with E-state index in [1.54, 1.807) is 19.4 Å². The Morgan fingerprint density at radius 2 is 2.13 bits per heavy atom. The third-order valence-electron chi connectivity index (χ3n) is 5.47. The number of pyridine rings is 1. The van der Waals surface area contributed by atoms with Crippen LogP contribution in [0.1, 0.15) is 19.3 Å². The fourth-order valence-corrected chi connectivity index (χ4v) is 5.22. The quantitative estimate of drug-likeness (QED) is 0.392. The molecule has 1 aliphatic rings. The lowest BCUT2D eigenvalue weighted by molar-refractivity contribution is 0.163. The molecule has 0 bridgehead atoms. The van der Waals surface area contributed by atoms with Crippen LogP contribution in [0.15, 0.2) is 35.3 Å². The van der Waals surface area contributed by atoms with Gasteiger partial charge in [-0.2, -0.15) is 0 Å². The first-order chi connectivity index (χ1) is 15.1. The molecule has 164 valence electrons. The Bertz CT molecular complexity index is 1160. The Labute approximate surface area is 187 Å². The maximum absolute atomic E-state index is 14.4. The first-order valence-corrected chi connectivity index (χ1v) is 11.8. The molecule has 1 fully saturated rings. The molecule has 0 radical (unpaired) electrons. The van der Waals surface area contributed by atoms with Crippen molar-refractivity contribution in [3.8, 4) is 0 Å². The first kappa shape index (κ1) is 22.0. The van der Waals surface area contributed by atoms with Crippen molar-refractivity contribution in [3.63, 3.8) is 0 Å². The van der Waals surface area contributed by atoms with Crippen molar-refractivity contribution >= 4 is 54.5 Å². The summed E-state index contributed by atoms with van der Waals surface area (Å²) in [6.07, 6.45) is 5.54. The van der Waals surface area contributed by atoms with Crippen LogP contribution in [0.2, 0.25) is 0 Å². The van der Waals surface area contributed by atoms with Crippen LogP contribution in [0.3, 0.4) is 0 Å². The van der Waals surface area contributed by atoms with Crippen LogP contribution in [-0.4, -0.2) is 48.2 Å². The number of aromatic nitrogens is 2. The highest BCUT2D eigenvalue weighted by atomic mass is 32.1. The topological polar surface area (TPSA) is 50.3 Å². The third-order valence-corrected chi connectivity index (χ3v) is 7.07. The number of thiophene rings is 1. The highest BCUT2D eigenvalue weighted by Gasteiger charge is 2.19. The van der Waals surface area contributed by atoms with E-state index in [4.69, 9.17) is 4.74 Å². The van der Waals surface area contributed by atoms with E-state index in [0.717, 1.165) is 22.9 Å². The summed E-state index contributed by atoms with van der Waals surface area (Å²) >= 11 is 2.68. The van der Waals surface area contributed by atoms with Gasteiger partial charge in [0, 0.05) is 31.3 Å². The number of rotatable bonds is 5. The number of hydrogen-bond acceptors (Lipinski definition) is 7. The number of halogens is 2. The molecule has 1 aliphatic heterocycles. The average molecular weight is 463 g/mol. The van der Waals surface area contributed by atoms with E-state index in [9.17, 15) is 8.78 Å². The Morgan fingerprint density at radius 1 is 1.26 bits per heavy atom. The molecule has 1 unspecified atom stereocenters. The van der Waals surface area contributed by atoms with Gasteiger partial charge >= 0.3 is 0 Å². The molecule has 4 aromatic rings. The molecule has 1 atom stereocenters. The highest BCUT2D eigenvalue weighted by molar-refractivity contribution is 7.17. The van der Waals surface area contributed by atoms with Crippen LogP contribution in [0.25, 0.3) is 20.4 Å². The average Bonchev–Trinajstić information content (AvgIpc) is 3.51. The fraction of sp³-hybridized carbons (Fsp3) is 0.364. The summed E-state index contributed by atoms with van der Waals surface area (Å²) in [7, 11) is 3.97. The van der Waals surface area contributed by atoms with E-state index < -0.39 is 11.6 Å². The largest absolute Gasteiger partial charge is 0.385 e. The molecule has 1 saturated heterocycles. The van der Waals surface area contributed by atoms with Gasteiger partial charge in [0.05, 0.1) is 15.9 Å². The van der Waals surface area contributed by atoms with Crippen LogP contribution in [0, 0.1) is 11.6 Å². The van der Waals surface area contributed by atoms with Gasteiger partial charge in [0.25, 0.3) is 0 Å². The minimum Gasteiger partial charge on any atom is -0.385 e. The first-order valence-electron chi connectivity index (χ1n) is 10.1. The Morgan fingerprint density at radius 3 is 2.90 bits per heavy atom. The van der Waals surface area contributed by atoms with E-state index in [1.165, 1.54) is 60.1 Å². The zero-order chi connectivity index (χ0) is 21.8. The molecule has 1 aromatic carbocycles. The summed E-state index contributed by atoms with van der Waals surface area (Å²) in [5, 5.41) is 5.55. The predicted octanol–water partition coefficient (Wildman–Crippen LogP) is 6.04. The number of likely N-dealkylation sites (tertiary alicyclic amines) is 1. The van der Waals surface area contributed by atoms with Gasteiger partial charge < -0.3 is 15.0 Å². The minimum absolute atomic E-state index is 0.180. The molecular formula is C22H24F2N4OS2. The number of thiazole rings is 1. The van der Waals surface area contributed by atoms with Crippen LogP contribution >= 0.6 is 22.7 Å². The SMILES string of the molecule is COCCC1CCCN1C.Fc1cc2scnc2c(F)c1Nc1ccnc2sccc12. The number of benzene rings is 1. The lowest BCUT2D eigenvalue weighted by atomic mass is 10.2. The van der Waals surface area contributed by atoms with E-state index in [2.05, 4.69) is 27.2 Å². The molecule has 0 amide bonds. The number of ether oxygens (including phenoxy) is 1. The monoisotopic (exact) mass is 462 g/mol. The van der Waals surface area contributed by atoms with Gasteiger partial charge in [-0.3, -0.25) is 0 Å². The van der Waals surface area contributed by atoms with Crippen molar-refractivity contribution in [3.05, 3.63) is 46.9 Å². The normalized spacial score (nSPS) is 16.6. The maximum Gasteiger partial charge on any atom is 0.176 e. The molecule has 0 saturated carbocycles. The van der Waals surface area contributed by atoms with Crippen molar-refractivity contribution < 1.29 is 13.5 Å². The zero-order valence-corrected chi connectivity index (χ0v) is 19.0. The molecule has 4 heterocycles. The number of methoxy groups -OCH3 is 1. The van der Waals surface area contributed by atoms with Crippen molar-refractivity contribution in [1.29, 1.82) is 0 Å². The fourth-order valence-electron chi connectivity index (χ4n) is 3.76. The van der Waals surface area contributed by atoms with E-state index >= 15 is 0 Å². The molecule has 9 heteroatoms. The van der Waals surface area contributed by atoms with Gasteiger partial charge in [0.15, 0.2) is 11.6 Å². The summed E-state index contributed by atoms with van der Waals surface area (Å²) in [5.41, 5.74) is 2.11. The predicted molar refractivity (Wildman–Crippen MR) is 125 cm³/mol. The second-order valence-corrected chi connectivity index (χ2v) is 9.21. The summed E-state index contributed by atoms with van der Waals surface area (Å²) in [5.74, 6) is -1.31. The Balaban J connectivity index is 0.000000196. The number of nitrogens with zero attached hydrogens (tertiary/aromatic N) is 3. The molecule has 31 heavy (non-hydrogen) atoms. The van der Waals surface area contributed by atoms with Crippen LogP contribution < -0.4 is 5.32 Å². The van der Waals surface area contributed by atoms with Crippen molar-refractivity contribution in [2.24, 2.45) is 0 Å². The van der Waals surface area contributed by atoms with E-state index in [1.807, 2.05) is 11.4 Å². The van der Waals surface area contributed by atoms with Crippen LogP contribution in [-0.2, 0) is 4.74 Å². The summed E-state index contributed by atoms with van der Waals surface area (Å²) in [6, 6.07) is 5.65. The molecule has 5 nitrogen and oxygen atoms in total. The molecule has 1 N–H and O–H groups in total. The second-order valence-electron chi connectivity index (χ2n) is 7.43. The van der Waals surface area contributed by atoms with Gasteiger partial charge in [0.2, 0.25) is 0 Å². The lowest BCUT2D eigenvalue weighted by Crippen LogP contribution is -2.25. The number of hydrogen-bond donors (Lipinski definition) is 1. The standard InChI is InChI=1S/C14H7F2N3S2.C8H17NO/c15-8-5-10-13(18-6-21-10)11(16)12(8)19-9-1-3-17-14-7(9)2-4-20-14;1-9-6-3-4-8(9)5-7-10-2/h1-6H,(H,17,19);8H,3-7H2,1-2H3. The summed E-state index contributed by atoms with van der Waals surface area (Å²) < 4.78 is 34.1. The van der Waals surface area contributed by atoms with Gasteiger partial charge in [-0.05, 0) is 56.4 Å². The maximum atomic E-state index is 14.4. The smallest absolute Gasteiger partial charge is 0.176 e. The molecule has 3 aromatic heterocycles. The van der Waals surface area contributed by atoms with E-state index in [-0.39, 0.29) is 11.2 Å². The van der Waals surface area contributed by atoms with E-state index in [0.29, 0.717) is 10.4 Å². The Hall–Kier alpha value is -2.20. The van der Waals surface area contributed by atoms with Crippen molar-refractivity contribution in [1.82, 2.24) is 14.9 Å². The molecule has 5 rings (SSSR count). The summed E-state index contributed by atoms with van der Waals surface area (Å²) in [4.78, 5) is 11.4. The van der Waals surface area contributed by atoms with Crippen LogP contribution in [0.4, 0.5) is 20.2 Å². The highest BCUT2D eigenvalue weighted by Crippen LogP contribution is 2.34. The summed E-state index contributed by atoms with van der Waals surface area (Å²) in [6.45, 7) is 2.18. The third kappa shape index (κ3) is 4.85. The van der Waals surface area contributed by atoms with Gasteiger partial charge in [-0.1, -0.05) is 0 Å². The number of fused-ring (bicyclic) bond motifs is 2. The molecule has 0 aliphatic carbocycles. The molecular weight excluding hydrogens is 438 g/mol. The molecule has 0 spiro atoms. The van der Waals surface area contributed by atoms with Crippen molar-refractivity contribution in [2.45, 2.75) is 25.3 Å². The second kappa shape index (κ2) is 9.95.